The second-order valence-electron chi connectivity index (χ2n) is 14.2. The van der Waals surface area contributed by atoms with Crippen LogP contribution in [0.5, 0.6) is 17.2 Å². The average Bonchev–Trinajstić information content (AvgIpc) is 4.12. The van der Waals surface area contributed by atoms with Crippen LogP contribution in [0.15, 0.2) is 91.3 Å². The topological polar surface area (TPSA) is 127 Å². The van der Waals surface area contributed by atoms with Gasteiger partial charge < -0.3 is 25.0 Å². The fraction of sp³-hybridized carbons (Fsp3) is 0.341. The second-order valence-corrected chi connectivity index (χ2v) is 14.2. The zero-order chi connectivity index (χ0) is 36.3. The molecule has 3 aliphatic rings. The van der Waals surface area contributed by atoms with Gasteiger partial charge in [0.2, 0.25) is 5.91 Å². The number of likely N-dealkylation sites (tertiary alicyclic amines) is 1. The van der Waals surface area contributed by atoms with Gasteiger partial charge in [0.15, 0.2) is 11.5 Å². The van der Waals surface area contributed by atoms with Crippen LogP contribution < -0.4 is 20.1 Å². The Morgan fingerprint density at radius 3 is 2.47 bits per heavy atom. The van der Waals surface area contributed by atoms with Crippen LogP contribution in [0.3, 0.4) is 0 Å². The number of fused-ring (bicyclic) bond motifs is 1. The minimum absolute atomic E-state index is 0.000616. The van der Waals surface area contributed by atoms with E-state index in [-0.39, 0.29) is 17.9 Å². The number of nitrogens with one attached hydrogen (secondary N) is 2. The van der Waals surface area contributed by atoms with Gasteiger partial charge in [-0.3, -0.25) is 14.5 Å². The molecule has 0 radical (unpaired) electrons. The Morgan fingerprint density at radius 1 is 0.943 bits per heavy atom. The van der Waals surface area contributed by atoms with Gasteiger partial charge in [0.1, 0.15) is 28.5 Å². The van der Waals surface area contributed by atoms with Crippen molar-refractivity contribution in [3.05, 3.63) is 108 Å². The Bertz CT molecular complexity index is 2120. The van der Waals surface area contributed by atoms with E-state index in [2.05, 4.69) is 27.6 Å². The molecule has 12 heteroatoms. The third kappa shape index (κ3) is 8.18. The van der Waals surface area contributed by atoms with Crippen LogP contribution in [0.4, 0.5) is 11.6 Å². The van der Waals surface area contributed by atoms with Gasteiger partial charge in [-0.25, -0.2) is 14.6 Å². The highest BCUT2D eigenvalue weighted by molar-refractivity contribution is 6.04. The lowest BCUT2D eigenvalue weighted by Gasteiger charge is -2.16. The summed E-state index contributed by atoms with van der Waals surface area (Å²) in [4.78, 5) is 39.3. The predicted molar refractivity (Wildman–Crippen MR) is 204 cm³/mol. The first-order chi connectivity index (χ1) is 25.9. The largest absolute Gasteiger partial charge is 0.497 e. The molecule has 1 saturated heterocycles. The molecule has 272 valence electrons. The van der Waals surface area contributed by atoms with Crippen molar-refractivity contribution in [1.29, 1.82) is 0 Å². The minimum Gasteiger partial charge on any atom is -0.497 e. The molecular formula is C41H44N8O4. The van der Waals surface area contributed by atoms with Crippen molar-refractivity contribution in [2.45, 2.75) is 56.7 Å². The SMILES string of the molecule is COc1ccc(Cn2nc(NC3CCN(C(=O)/C=C/CN(C)C4CC4)C3)c3c(Oc4ccc(C(=O)Nc5cc(C6CC6)ccn5)cc4)ccnc32)cc1. The molecule has 3 aromatic heterocycles. The molecule has 4 heterocycles. The maximum Gasteiger partial charge on any atom is 0.256 e. The normalized spacial score (nSPS) is 17.1. The van der Waals surface area contributed by atoms with Gasteiger partial charge in [-0.05, 0) is 105 Å². The predicted octanol–water partition coefficient (Wildman–Crippen LogP) is 6.47. The lowest BCUT2D eigenvalue weighted by molar-refractivity contribution is -0.125. The van der Waals surface area contributed by atoms with Crippen molar-refractivity contribution in [2.75, 3.05) is 44.4 Å². The first-order valence-corrected chi connectivity index (χ1v) is 18.4. The van der Waals surface area contributed by atoms with E-state index < -0.39 is 0 Å². The van der Waals surface area contributed by atoms with E-state index >= 15 is 0 Å². The number of carbonyl (C=O) groups excluding carboxylic acids is 2. The Kier molecular flexibility index (Phi) is 9.77. The Labute approximate surface area is 308 Å². The van der Waals surface area contributed by atoms with Crippen molar-refractivity contribution in [2.24, 2.45) is 0 Å². The Morgan fingerprint density at radius 2 is 1.72 bits per heavy atom. The van der Waals surface area contributed by atoms with Crippen LogP contribution in [0.25, 0.3) is 11.0 Å². The fourth-order valence-corrected chi connectivity index (χ4v) is 6.81. The summed E-state index contributed by atoms with van der Waals surface area (Å²) >= 11 is 0. The standard InChI is InChI=1S/C41H44N8O4/c1-47(32-11-12-32)22-3-4-37(50)48-23-19-31(26-48)44-39-38-35(18-21-43-40(38)49(46-39)25-27-5-13-33(52-2)14-6-27)53-34-15-9-29(10-16-34)41(51)45-36-24-30(17-20-42-36)28-7-8-28/h3-6,9-10,13-18,20-21,24,28,31-32H,7-8,11-12,19,22-23,25-26H2,1-2H3,(H,44,46)(H,42,45,51)/b4-3+. The monoisotopic (exact) mass is 712 g/mol. The molecule has 3 fully saturated rings. The van der Waals surface area contributed by atoms with E-state index in [0.29, 0.717) is 65.9 Å². The van der Waals surface area contributed by atoms with E-state index in [1.165, 1.54) is 31.2 Å². The van der Waals surface area contributed by atoms with Gasteiger partial charge in [0.05, 0.1) is 13.7 Å². The van der Waals surface area contributed by atoms with Gasteiger partial charge in [-0.15, -0.1) is 0 Å². The number of methoxy groups -OCH3 is 1. The maximum absolute atomic E-state index is 13.1. The Hall–Kier alpha value is -5.75. The molecule has 2 saturated carbocycles. The first kappa shape index (κ1) is 34.3. The van der Waals surface area contributed by atoms with E-state index in [9.17, 15) is 9.59 Å². The average molecular weight is 713 g/mol. The molecule has 0 bridgehead atoms. The van der Waals surface area contributed by atoms with Crippen LogP contribution in [-0.4, -0.2) is 87.2 Å². The van der Waals surface area contributed by atoms with Crippen molar-refractivity contribution in [3.63, 3.8) is 0 Å². The van der Waals surface area contributed by atoms with Gasteiger partial charge in [0.25, 0.3) is 5.91 Å². The summed E-state index contributed by atoms with van der Waals surface area (Å²) in [7, 11) is 3.75. The molecule has 2 aromatic carbocycles. The summed E-state index contributed by atoms with van der Waals surface area (Å²) in [5, 5.41) is 12.3. The molecule has 1 atom stereocenters. The number of aromatic nitrogens is 4. The smallest absolute Gasteiger partial charge is 0.256 e. The van der Waals surface area contributed by atoms with Crippen LogP contribution in [-0.2, 0) is 11.3 Å². The second kappa shape index (κ2) is 15.1. The van der Waals surface area contributed by atoms with Crippen LogP contribution in [0, 0.1) is 0 Å². The number of pyridine rings is 2. The number of hydrogen-bond donors (Lipinski definition) is 2. The summed E-state index contributed by atoms with van der Waals surface area (Å²) < 4.78 is 13.7. The van der Waals surface area contributed by atoms with Crippen molar-refractivity contribution >= 4 is 34.5 Å². The van der Waals surface area contributed by atoms with E-state index in [4.69, 9.17) is 19.6 Å². The Balaban J connectivity index is 1.000. The van der Waals surface area contributed by atoms with Crippen LogP contribution in [0.2, 0.25) is 0 Å². The number of ether oxygens (including phenoxy) is 2. The van der Waals surface area contributed by atoms with Crippen molar-refractivity contribution < 1.29 is 19.1 Å². The molecule has 1 unspecified atom stereocenters. The van der Waals surface area contributed by atoms with Crippen LogP contribution in [0.1, 0.15) is 59.5 Å². The summed E-state index contributed by atoms with van der Waals surface area (Å²) in [6, 6.07) is 21.3. The van der Waals surface area contributed by atoms with Gasteiger partial charge in [-0.1, -0.05) is 18.2 Å². The van der Waals surface area contributed by atoms with Crippen molar-refractivity contribution in [1.82, 2.24) is 29.5 Å². The van der Waals surface area contributed by atoms with Crippen LogP contribution >= 0.6 is 0 Å². The number of rotatable bonds is 14. The number of likely N-dealkylation sites (N-methyl/N-ethyl adjacent to an activating group) is 1. The third-order valence-electron chi connectivity index (χ3n) is 10.2. The summed E-state index contributed by atoms with van der Waals surface area (Å²) in [6.45, 7) is 2.49. The highest BCUT2D eigenvalue weighted by Crippen LogP contribution is 2.40. The highest BCUT2D eigenvalue weighted by atomic mass is 16.5. The molecule has 12 nitrogen and oxygen atoms in total. The maximum atomic E-state index is 13.1. The molecule has 2 aliphatic carbocycles. The van der Waals surface area contributed by atoms with Crippen molar-refractivity contribution in [3.8, 4) is 17.2 Å². The van der Waals surface area contributed by atoms with E-state index in [1.807, 2.05) is 58.1 Å². The summed E-state index contributed by atoms with van der Waals surface area (Å²) in [5.41, 5.74) is 3.40. The molecule has 2 amide bonds. The molecule has 5 aromatic rings. The molecule has 53 heavy (non-hydrogen) atoms. The number of carbonyl (C=O) groups is 2. The lowest BCUT2D eigenvalue weighted by Crippen LogP contribution is -2.30. The fourth-order valence-electron chi connectivity index (χ4n) is 6.81. The molecule has 1 aliphatic heterocycles. The summed E-state index contributed by atoms with van der Waals surface area (Å²) in [6.07, 6.45) is 12.8. The number of benzene rings is 2. The number of anilines is 2. The zero-order valence-electron chi connectivity index (χ0n) is 30.1. The molecular weight excluding hydrogens is 669 g/mol. The number of nitrogens with zero attached hydrogens (tertiary/aromatic N) is 6. The highest BCUT2D eigenvalue weighted by Gasteiger charge is 2.29. The first-order valence-electron chi connectivity index (χ1n) is 18.4. The molecule has 0 spiro atoms. The van der Waals surface area contributed by atoms with Gasteiger partial charge >= 0.3 is 0 Å². The lowest BCUT2D eigenvalue weighted by atomic mass is 10.1. The zero-order valence-corrected chi connectivity index (χ0v) is 30.1. The number of amides is 2. The quantitative estimate of drug-likeness (QED) is 0.125. The van der Waals surface area contributed by atoms with E-state index in [0.717, 1.165) is 29.7 Å². The summed E-state index contributed by atoms with van der Waals surface area (Å²) in [5.74, 6) is 3.47. The van der Waals surface area contributed by atoms with E-state index in [1.54, 1.807) is 49.8 Å². The molecule has 2 N–H and O–H groups in total. The molecule has 8 rings (SSSR count). The van der Waals surface area contributed by atoms with Gasteiger partial charge in [-0.2, -0.15) is 5.10 Å². The number of hydrogen-bond acceptors (Lipinski definition) is 9. The van der Waals surface area contributed by atoms with Gasteiger partial charge in [0, 0.05) is 61.8 Å². The minimum atomic E-state index is -0.236. The third-order valence-corrected chi connectivity index (χ3v) is 10.2.